The van der Waals surface area contributed by atoms with Crippen molar-refractivity contribution in [1.29, 1.82) is 0 Å². The van der Waals surface area contributed by atoms with Gasteiger partial charge in [0, 0.05) is 12.8 Å². The van der Waals surface area contributed by atoms with Crippen LogP contribution in [0.5, 0.6) is 0 Å². The molecule has 1 aromatic rings. The normalized spacial score (nSPS) is 13.1. The first-order valence-electron chi connectivity index (χ1n) is 5.65. The van der Waals surface area contributed by atoms with E-state index >= 15 is 0 Å². The molecule has 0 aliphatic carbocycles. The Morgan fingerprint density at radius 2 is 2.06 bits per heavy atom. The predicted molar refractivity (Wildman–Crippen MR) is 65.8 cm³/mol. The van der Waals surface area contributed by atoms with E-state index < -0.39 is 0 Å². The fourth-order valence-electron chi connectivity index (χ4n) is 1.51. The van der Waals surface area contributed by atoms with E-state index in [1.54, 1.807) is 7.11 Å². The highest BCUT2D eigenvalue weighted by molar-refractivity contribution is 6.29. The van der Waals surface area contributed by atoms with Crippen LogP contribution in [0.25, 0.3) is 0 Å². The molecule has 16 heavy (non-hydrogen) atoms. The van der Waals surface area contributed by atoms with E-state index in [2.05, 4.69) is 30.7 Å². The van der Waals surface area contributed by atoms with Gasteiger partial charge >= 0.3 is 0 Å². The molecule has 90 valence electrons. The fraction of sp³-hybridized carbons (Fsp3) is 0.667. The summed E-state index contributed by atoms with van der Waals surface area (Å²) in [6, 6.07) is 1.81. The molecule has 3 nitrogen and oxygen atoms in total. The zero-order chi connectivity index (χ0) is 12.1. The van der Waals surface area contributed by atoms with Crippen LogP contribution in [0.2, 0.25) is 5.15 Å². The lowest BCUT2D eigenvalue weighted by Gasteiger charge is -2.15. The van der Waals surface area contributed by atoms with E-state index in [4.69, 9.17) is 16.3 Å². The van der Waals surface area contributed by atoms with Crippen molar-refractivity contribution in [2.75, 3.05) is 7.11 Å². The maximum absolute atomic E-state index is 5.99. The quantitative estimate of drug-likeness (QED) is 0.738. The highest BCUT2D eigenvalue weighted by Crippen LogP contribution is 2.23. The number of hydrogen-bond donors (Lipinski definition) is 0. The summed E-state index contributed by atoms with van der Waals surface area (Å²) in [5.41, 5.74) is 0.966. The van der Waals surface area contributed by atoms with Crippen LogP contribution in [-0.4, -0.2) is 17.1 Å². The number of aromatic nitrogens is 2. The summed E-state index contributed by atoms with van der Waals surface area (Å²) >= 11 is 5.99. The summed E-state index contributed by atoms with van der Waals surface area (Å²) < 4.78 is 5.38. The van der Waals surface area contributed by atoms with Gasteiger partial charge in [-0.05, 0) is 18.4 Å². The molecular formula is C12H19ClN2O. The van der Waals surface area contributed by atoms with Crippen molar-refractivity contribution in [2.24, 2.45) is 0 Å². The van der Waals surface area contributed by atoms with Crippen LogP contribution in [0, 0.1) is 0 Å². The summed E-state index contributed by atoms with van der Waals surface area (Å²) in [4.78, 5) is 8.74. The van der Waals surface area contributed by atoms with E-state index in [1.165, 1.54) is 0 Å². The summed E-state index contributed by atoms with van der Waals surface area (Å²) in [5.74, 6) is 1.04. The van der Waals surface area contributed by atoms with Crippen molar-refractivity contribution in [3.63, 3.8) is 0 Å². The summed E-state index contributed by atoms with van der Waals surface area (Å²) in [5, 5.41) is 0.492. The minimum Gasteiger partial charge on any atom is -0.373 e. The van der Waals surface area contributed by atoms with Gasteiger partial charge in [0.05, 0.1) is 0 Å². The van der Waals surface area contributed by atoms with Crippen molar-refractivity contribution >= 4 is 11.6 Å². The minimum atomic E-state index is -0.0544. The third kappa shape index (κ3) is 3.42. The van der Waals surface area contributed by atoms with Gasteiger partial charge in [0.25, 0.3) is 0 Å². The van der Waals surface area contributed by atoms with E-state index in [0.29, 0.717) is 16.9 Å². The highest BCUT2D eigenvalue weighted by atomic mass is 35.5. The zero-order valence-corrected chi connectivity index (χ0v) is 11.1. The van der Waals surface area contributed by atoms with Crippen molar-refractivity contribution in [3.05, 3.63) is 22.7 Å². The Hall–Kier alpha value is -0.670. The molecule has 1 unspecified atom stereocenters. The van der Waals surface area contributed by atoms with Crippen molar-refractivity contribution in [1.82, 2.24) is 9.97 Å². The van der Waals surface area contributed by atoms with Crippen molar-refractivity contribution < 1.29 is 4.74 Å². The van der Waals surface area contributed by atoms with Crippen LogP contribution in [0.4, 0.5) is 0 Å². The Labute approximate surface area is 102 Å². The zero-order valence-electron chi connectivity index (χ0n) is 10.3. The highest BCUT2D eigenvalue weighted by Gasteiger charge is 2.15. The van der Waals surface area contributed by atoms with Crippen LogP contribution in [0.3, 0.4) is 0 Å². The maximum atomic E-state index is 5.99. The lowest BCUT2D eigenvalue weighted by atomic mass is 10.1. The molecule has 1 rings (SSSR count). The Kier molecular flexibility index (Phi) is 5.16. The van der Waals surface area contributed by atoms with Crippen LogP contribution >= 0.6 is 11.6 Å². The number of ether oxygens (including phenoxy) is 1. The first-order valence-corrected chi connectivity index (χ1v) is 6.03. The molecule has 0 saturated carbocycles. The van der Waals surface area contributed by atoms with Crippen LogP contribution in [-0.2, 0) is 4.74 Å². The standard InChI is InChI=1S/C12H19ClN2O/c1-5-6-10(16-4)12-14-9(8(2)3)7-11(13)15-12/h7-8,10H,5-6H2,1-4H3. The third-order valence-corrected chi connectivity index (χ3v) is 2.64. The number of methoxy groups -OCH3 is 1. The van der Waals surface area contributed by atoms with E-state index in [-0.39, 0.29) is 6.10 Å². The second-order valence-corrected chi connectivity index (χ2v) is 4.53. The molecule has 4 heteroatoms. The summed E-state index contributed by atoms with van der Waals surface area (Å²) in [6.07, 6.45) is 1.89. The Morgan fingerprint density at radius 3 is 2.56 bits per heavy atom. The monoisotopic (exact) mass is 242 g/mol. The molecule has 0 saturated heterocycles. The topological polar surface area (TPSA) is 35.0 Å². The minimum absolute atomic E-state index is 0.0544. The molecule has 0 aliphatic rings. The molecule has 0 bridgehead atoms. The first-order chi connectivity index (χ1) is 7.58. The number of halogens is 1. The molecule has 0 fully saturated rings. The van der Waals surface area contributed by atoms with Crippen LogP contribution < -0.4 is 0 Å². The van der Waals surface area contributed by atoms with E-state index in [1.807, 2.05) is 6.07 Å². The second kappa shape index (κ2) is 6.16. The van der Waals surface area contributed by atoms with Gasteiger partial charge in [-0.25, -0.2) is 9.97 Å². The molecular weight excluding hydrogens is 224 g/mol. The van der Waals surface area contributed by atoms with Gasteiger partial charge in [0.2, 0.25) is 0 Å². The second-order valence-electron chi connectivity index (χ2n) is 4.14. The lowest BCUT2D eigenvalue weighted by molar-refractivity contribution is 0.0873. The number of rotatable bonds is 5. The van der Waals surface area contributed by atoms with Crippen molar-refractivity contribution in [3.8, 4) is 0 Å². The SMILES string of the molecule is CCCC(OC)c1nc(Cl)cc(C(C)C)n1. The number of hydrogen-bond acceptors (Lipinski definition) is 3. The van der Waals surface area contributed by atoms with Gasteiger partial charge in [0.1, 0.15) is 11.3 Å². The smallest absolute Gasteiger partial charge is 0.159 e. The van der Waals surface area contributed by atoms with Gasteiger partial charge in [-0.1, -0.05) is 38.8 Å². The van der Waals surface area contributed by atoms with Crippen molar-refractivity contribution in [2.45, 2.75) is 45.6 Å². The first kappa shape index (κ1) is 13.4. The van der Waals surface area contributed by atoms with Gasteiger partial charge < -0.3 is 4.74 Å². The summed E-state index contributed by atoms with van der Waals surface area (Å²) in [6.45, 7) is 6.29. The van der Waals surface area contributed by atoms with E-state index in [9.17, 15) is 0 Å². The molecule has 0 aliphatic heterocycles. The molecule has 1 aromatic heterocycles. The molecule has 0 spiro atoms. The summed E-state index contributed by atoms with van der Waals surface area (Å²) in [7, 11) is 1.68. The molecule has 0 aromatic carbocycles. The fourth-order valence-corrected chi connectivity index (χ4v) is 1.71. The maximum Gasteiger partial charge on any atom is 0.159 e. The predicted octanol–water partition coefficient (Wildman–Crippen LogP) is 3.74. The molecule has 0 amide bonds. The number of nitrogens with zero attached hydrogens (tertiary/aromatic N) is 2. The third-order valence-electron chi connectivity index (χ3n) is 2.45. The average Bonchev–Trinajstić information content (AvgIpc) is 2.24. The Morgan fingerprint density at radius 1 is 1.38 bits per heavy atom. The molecule has 1 atom stereocenters. The Bertz CT molecular complexity index is 342. The van der Waals surface area contributed by atoms with Gasteiger partial charge in [-0.3, -0.25) is 0 Å². The van der Waals surface area contributed by atoms with E-state index in [0.717, 1.165) is 18.5 Å². The van der Waals surface area contributed by atoms with Gasteiger partial charge in [-0.2, -0.15) is 0 Å². The Balaban J connectivity index is 3.02. The molecule has 0 N–H and O–H groups in total. The average molecular weight is 243 g/mol. The lowest BCUT2D eigenvalue weighted by Crippen LogP contribution is -2.09. The van der Waals surface area contributed by atoms with Gasteiger partial charge in [0.15, 0.2) is 5.82 Å². The largest absolute Gasteiger partial charge is 0.373 e. The molecule has 1 heterocycles. The van der Waals surface area contributed by atoms with Gasteiger partial charge in [-0.15, -0.1) is 0 Å². The molecule has 0 radical (unpaired) electrons. The van der Waals surface area contributed by atoms with Crippen LogP contribution in [0.1, 0.15) is 57.2 Å². The van der Waals surface area contributed by atoms with Crippen LogP contribution in [0.15, 0.2) is 6.07 Å².